The zero-order chi connectivity index (χ0) is 20.0. The van der Waals surface area contributed by atoms with E-state index in [1.807, 2.05) is 31.2 Å². The van der Waals surface area contributed by atoms with Crippen molar-refractivity contribution in [2.75, 3.05) is 19.7 Å². The molecule has 150 valence electrons. The number of piperidine rings is 1. The van der Waals surface area contributed by atoms with E-state index in [9.17, 15) is 13.2 Å². The van der Waals surface area contributed by atoms with Crippen LogP contribution in [-0.4, -0.2) is 38.3 Å². The highest BCUT2D eigenvalue weighted by molar-refractivity contribution is 7.89. The van der Waals surface area contributed by atoms with E-state index in [0.717, 1.165) is 11.3 Å². The summed E-state index contributed by atoms with van der Waals surface area (Å²) in [4.78, 5) is 12.9. The second-order valence-corrected chi connectivity index (χ2v) is 8.75. The van der Waals surface area contributed by atoms with E-state index in [4.69, 9.17) is 4.74 Å². The number of benzene rings is 2. The summed E-state index contributed by atoms with van der Waals surface area (Å²) in [6, 6.07) is 16.0. The lowest BCUT2D eigenvalue weighted by Gasteiger charge is -2.31. The average molecular weight is 403 g/mol. The van der Waals surface area contributed by atoms with Crippen LogP contribution in [0.25, 0.3) is 0 Å². The maximum Gasteiger partial charge on any atom is 0.243 e. The second-order valence-electron chi connectivity index (χ2n) is 6.81. The van der Waals surface area contributed by atoms with Gasteiger partial charge in [0.2, 0.25) is 15.9 Å². The first-order chi connectivity index (χ1) is 13.5. The first-order valence-corrected chi connectivity index (χ1v) is 11.0. The predicted octanol–water partition coefficient (Wildman–Crippen LogP) is 2.80. The number of nitrogens with zero attached hydrogens (tertiary/aromatic N) is 1. The Bertz CT molecular complexity index is 900. The molecular weight excluding hydrogens is 376 g/mol. The highest BCUT2D eigenvalue weighted by Crippen LogP contribution is 2.24. The standard InChI is InChI=1S/C21H26N2O4S/c1-2-27-19-10-6-8-17(14-19)15-22-21(24)18-9-7-13-23(16-18)28(25,26)20-11-4-3-5-12-20/h3-6,8,10-12,14,18H,2,7,9,13,15-16H2,1H3,(H,22,24)/t18-/m0/s1. The summed E-state index contributed by atoms with van der Waals surface area (Å²) in [6.45, 7) is 3.55. The molecule has 0 aliphatic carbocycles. The van der Waals surface area contributed by atoms with Crippen molar-refractivity contribution in [2.24, 2.45) is 5.92 Å². The fourth-order valence-electron chi connectivity index (χ4n) is 3.36. The Hall–Kier alpha value is -2.38. The average Bonchev–Trinajstić information content (AvgIpc) is 2.73. The molecule has 7 heteroatoms. The maximum atomic E-state index is 12.8. The van der Waals surface area contributed by atoms with Crippen LogP contribution in [0.5, 0.6) is 5.75 Å². The molecule has 1 heterocycles. The largest absolute Gasteiger partial charge is 0.494 e. The molecule has 2 aromatic carbocycles. The SMILES string of the molecule is CCOc1cccc(CNC(=O)[C@H]2CCCN(S(=O)(=O)c3ccccc3)C2)c1. The number of ether oxygens (including phenoxy) is 1. The van der Waals surface area contributed by atoms with Crippen molar-refractivity contribution in [3.63, 3.8) is 0 Å². The molecule has 0 aromatic heterocycles. The Balaban J connectivity index is 1.61. The summed E-state index contributed by atoms with van der Waals surface area (Å²) in [6.07, 6.45) is 1.36. The lowest BCUT2D eigenvalue weighted by molar-refractivity contribution is -0.126. The summed E-state index contributed by atoms with van der Waals surface area (Å²) in [7, 11) is -3.57. The molecule has 1 saturated heterocycles. The first kappa shape index (κ1) is 20.4. The highest BCUT2D eigenvalue weighted by atomic mass is 32.2. The van der Waals surface area contributed by atoms with Crippen LogP contribution in [-0.2, 0) is 21.4 Å². The molecule has 3 rings (SSSR count). The first-order valence-electron chi connectivity index (χ1n) is 9.55. The van der Waals surface area contributed by atoms with E-state index < -0.39 is 10.0 Å². The summed E-state index contributed by atoms with van der Waals surface area (Å²) in [5.41, 5.74) is 0.948. The van der Waals surface area contributed by atoms with Gasteiger partial charge in [-0.15, -0.1) is 0 Å². The van der Waals surface area contributed by atoms with Crippen LogP contribution in [0, 0.1) is 5.92 Å². The van der Waals surface area contributed by atoms with Crippen molar-refractivity contribution in [1.29, 1.82) is 0 Å². The third kappa shape index (κ3) is 4.91. The number of hydrogen-bond donors (Lipinski definition) is 1. The van der Waals surface area contributed by atoms with Gasteiger partial charge in [-0.25, -0.2) is 8.42 Å². The van der Waals surface area contributed by atoms with Crippen molar-refractivity contribution in [3.8, 4) is 5.75 Å². The van der Waals surface area contributed by atoms with Crippen LogP contribution < -0.4 is 10.1 Å². The zero-order valence-corrected chi connectivity index (χ0v) is 16.8. The Morgan fingerprint density at radius 2 is 1.96 bits per heavy atom. The summed E-state index contributed by atoms with van der Waals surface area (Å²) in [5.74, 6) is 0.309. The third-order valence-electron chi connectivity index (χ3n) is 4.81. The van der Waals surface area contributed by atoms with Gasteiger partial charge in [-0.3, -0.25) is 4.79 Å². The lowest BCUT2D eigenvalue weighted by atomic mass is 9.99. The summed E-state index contributed by atoms with van der Waals surface area (Å²) in [5, 5.41) is 2.93. The van der Waals surface area contributed by atoms with Gasteiger partial charge in [0.25, 0.3) is 0 Å². The van der Waals surface area contributed by atoms with Crippen molar-refractivity contribution in [1.82, 2.24) is 9.62 Å². The quantitative estimate of drug-likeness (QED) is 0.773. The molecule has 2 aromatic rings. The number of rotatable bonds is 7. The minimum Gasteiger partial charge on any atom is -0.494 e. The Labute approximate surface area is 166 Å². The van der Waals surface area contributed by atoms with E-state index in [-0.39, 0.29) is 23.3 Å². The highest BCUT2D eigenvalue weighted by Gasteiger charge is 2.33. The van der Waals surface area contributed by atoms with Gasteiger partial charge in [-0.1, -0.05) is 30.3 Å². The van der Waals surface area contributed by atoms with Crippen LogP contribution >= 0.6 is 0 Å². The van der Waals surface area contributed by atoms with Gasteiger partial charge in [0.15, 0.2) is 0 Å². The van der Waals surface area contributed by atoms with Crippen molar-refractivity contribution >= 4 is 15.9 Å². The van der Waals surface area contributed by atoms with Gasteiger partial charge in [-0.2, -0.15) is 4.31 Å². The van der Waals surface area contributed by atoms with Gasteiger partial charge in [0, 0.05) is 19.6 Å². The molecule has 1 fully saturated rings. The number of nitrogens with one attached hydrogen (secondary N) is 1. The van der Waals surface area contributed by atoms with Crippen molar-refractivity contribution in [3.05, 3.63) is 60.2 Å². The Morgan fingerprint density at radius 1 is 1.18 bits per heavy atom. The number of sulfonamides is 1. The minimum absolute atomic E-state index is 0.116. The smallest absolute Gasteiger partial charge is 0.243 e. The van der Waals surface area contributed by atoms with Gasteiger partial charge in [0.1, 0.15) is 5.75 Å². The summed E-state index contributed by atoms with van der Waals surface area (Å²) >= 11 is 0. The van der Waals surface area contributed by atoms with Crippen LogP contribution in [0.1, 0.15) is 25.3 Å². The fourth-order valence-corrected chi connectivity index (χ4v) is 4.91. The Morgan fingerprint density at radius 3 is 2.71 bits per heavy atom. The van der Waals surface area contributed by atoms with E-state index >= 15 is 0 Å². The molecule has 1 aliphatic rings. The van der Waals surface area contributed by atoms with E-state index in [0.29, 0.717) is 32.5 Å². The zero-order valence-electron chi connectivity index (χ0n) is 16.0. The lowest BCUT2D eigenvalue weighted by Crippen LogP contribution is -2.45. The van der Waals surface area contributed by atoms with Crippen molar-refractivity contribution < 1.29 is 17.9 Å². The normalized spacial score (nSPS) is 17.8. The van der Waals surface area contributed by atoms with E-state index in [1.165, 1.54) is 4.31 Å². The minimum atomic E-state index is -3.57. The van der Waals surface area contributed by atoms with Crippen LogP contribution in [0.4, 0.5) is 0 Å². The molecule has 0 spiro atoms. The molecule has 6 nitrogen and oxygen atoms in total. The predicted molar refractivity (Wildman–Crippen MR) is 107 cm³/mol. The number of amides is 1. The van der Waals surface area contributed by atoms with E-state index in [1.54, 1.807) is 30.3 Å². The Kier molecular flexibility index (Phi) is 6.70. The molecule has 0 radical (unpaired) electrons. The van der Waals surface area contributed by atoms with Gasteiger partial charge >= 0.3 is 0 Å². The third-order valence-corrected chi connectivity index (χ3v) is 6.69. The summed E-state index contributed by atoms with van der Waals surface area (Å²) < 4.78 is 32.5. The monoisotopic (exact) mass is 402 g/mol. The molecule has 1 atom stereocenters. The number of carbonyl (C=O) groups is 1. The second kappa shape index (κ2) is 9.21. The number of carbonyl (C=O) groups excluding carboxylic acids is 1. The van der Waals surface area contributed by atoms with Crippen molar-refractivity contribution in [2.45, 2.75) is 31.2 Å². The van der Waals surface area contributed by atoms with E-state index in [2.05, 4.69) is 5.32 Å². The molecule has 28 heavy (non-hydrogen) atoms. The molecule has 0 saturated carbocycles. The van der Waals surface area contributed by atoms with Gasteiger partial charge < -0.3 is 10.1 Å². The number of hydrogen-bond acceptors (Lipinski definition) is 4. The van der Waals surface area contributed by atoms with Crippen LogP contribution in [0.3, 0.4) is 0 Å². The van der Waals surface area contributed by atoms with Gasteiger partial charge in [-0.05, 0) is 49.6 Å². The molecule has 0 unspecified atom stereocenters. The van der Waals surface area contributed by atoms with Gasteiger partial charge in [0.05, 0.1) is 17.4 Å². The fraction of sp³-hybridized carbons (Fsp3) is 0.381. The topological polar surface area (TPSA) is 75.7 Å². The maximum absolute atomic E-state index is 12.8. The molecule has 1 amide bonds. The molecule has 1 aliphatic heterocycles. The van der Waals surface area contributed by atoms with Crippen LogP contribution in [0.2, 0.25) is 0 Å². The molecular formula is C21H26N2O4S. The molecule has 0 bridgehead atoms. The molecule has 1 N–H and O–H groups in total. The van der Waals surface area contributed by atoms with Crippen LogP contribution in [0.15, 0.2) is 59.5 Å².